The highest BCUT2D eigenvalue weighted by Gasteiger charge is 2.39. The molecular formula is C24H13F8N5O. The first-order chi connectivity index (χ1) is 17.8. The number of aryl methyl sites for hydroxylation is 1. The Balaban J connectivity index is 1.47. The molecule has 2 aliphatic heterocycles. The highest BCUT2D eigenvalue weighted by Crippen LogP contribution is 2.40. The van der Waals surface area contributed by atoms with Gasteiger partial charge in [0.25, 0.3) is 0 Å². The van der Waals surface area contributed by atoms with Gasteiger partial charge in [-0.3, -0.25) is 4.68 Å². The van der Waals surface area contributed by atoms with Gasteiger partial charge in [0.1, 0.15) is 23.6 Å². The Kier molecular flexibility index (Phi) is 5.92. The summed E-state index contributed by atoms with van der Waals surface area (Å²) in [6.45, 7) is 1.45. The maximum absolute atomic E-state index is 14.2. The van der Waals surface area contributed by atoms with Gasteiger partial charge in [-0.25, -0.2) is 18.7 Å². The van der Waals surface area contributed by atoms with E-state index in [1.54, 1.807) is 6.92 Å². The number of alkyl halides is 6. The van der Waals surface area contributed by atoms with E-state index in [2.05, 4.69) is 20.2 Å². The second kappa shape index (κ2) is 8.89. The molecular weight excluding hydrogens is 526 g/mol. The average Bonchev–Trinajstić information content (AvgIpc) is 3.47. The molecule has 14 heteroatoms. The summed E-state index contributed by atoms with van der Waals surface area (Å²) in [5.74, 6) is -2.20. The second-order valence-corrected chi connectivity index (χ2v) is 8.23. The fourth-order valence-corrected chi connectivity index (χ4v) is 3.85. The standard InChI is InChI=1S/C24H13F8N5O/c1-11-21-19(33-22(34-21)15-3-2-4-17(25)20(15)26)10-37(35-11)9-13-8-18(36-38-13)14-6-5-12(23(27,28)29)7-16(14)24(30,31)32/h2-8,10H,9H2,1H3. The van der Waals surface area contributed by atoms with Crippen molar-refractivity contribution in [2.45, 2.75) is 25.8 Å². The molecule has 1 aromatic heterocycles. The number of hydrogen-bond donors (Lipinski definition) is 0. The summed E-state index contributed by atoms with van der Waals surface area (Å²) in [6, 6.07) is 5.95. The second-order valence-electron chi connectivity index (χ2n) is 8.23. The van der Waals surface area contributed by atoms with Crippen LogP contribution in [0.25, 0.3) is 34.0 Å². The molecule has 0 radical (unpaired) electrons. The molecule has 196 valence electrons. The van der Waals surface area contributed by atoms with Crippen LogP contribution in [-0.4, -0.2) is 24.9 Å². The zero-order valence-electron chi connectivity index (χ0n) is 19.0. The Morgan fingerprint density at radius 3 is 2.34 bits per heavy atom. The first-order valence-corrected chi connectivity index (χ1v) is 10.7. The van der Waals surface area contributed by atoms with Gasteiger partial charge in [-0.1, -0.05) is 17.3 Å². The number of imidazole rings is 1. The highest BCUT2D eigenvalue weighted by molar-refractivity contribution is 5.67. The van der Waals surface area contributed by atoms with Gasteiger partial charge >= 0.3 is 12.4 Å². The molecule has 0 bridgehead atoms. The number of halogens is 8. The van der Waals surface area contributed by atoms with Crippen molar-refractivity contribution in [1.29, 1.82) is 0 Å². The molecule has 0 unspecified atom stereocenters. The molecule has 0 aliphatic carbocycles. The quantitative estimate of drug-likeness (QED) is 0.236. The maximum atomic E-state index is 14.2. The molecule has 38 heavy (non-hydrogen) atoms. The molecule has 0 amide bonds. The maximum Gasteiger partial charge on any atom is 0.417 e. The minimum Gasteiger partial charge on any atom is -0.359 e. The molecule has 0 fully saturated rings. The minimum absolute atomic E-state index is 0.0182. The molecule has 3 heterocycles. The van der Waals surface area contributed by atoms with Crippen molar-refractivity contribution in [1.82, 2.24) is 24.9 Å². The van der Waals surface area contributed by atoms with Crippen molar-refractivity contribution in [3.63, 3.8) is 0 Å². The summed E-state index contributed by atoms with van der Waals surface area (Å²) in [6.07, 6.45) is -8.63. The van der Waals surface area contributed by atoms with E-state index in [0.717, 1.165) is 12.1 Å². The van der Waals surface area contributed by atoms with E-state index in [9.17, 15) is 35.1 Å². The summed E-state index contributed by atoms with van der Waals surface area (Å²) < 4.78 is 114. The summed E-state index contributed by atoms with van der Waals surface area (Å²) >= 11 is 0. The molecule has 5 rings (SSSR count). The summed E-state index contributed by atoms with van der Waals surface area (Å²) in [7, 11) is 0. The van der Waals surface area contributed by atoms with Crippen LogP contribution in [0.2, 0.25) is 0 Å². The van der Waals surface area contributed by atoms with E-state index in [1.807, 2.05) is 0 Å². The van der Waals surface area contributed by atoms with Crippen LogP contribution in [0.3, 0.4) is 0 Å². The fourth-order valence-electron chi connectivity index (χ4n) is 3.85. The van der Waals surface area contributed by atoms with Gasteiger partial charge in [0.15, 0.2) is 23.2 Å². The third kappa shape index (κ3) is 4.68. The van der Waals surface area contributed by atoms with Gasteiger partial charge in [-0.05, 0) is 31.2 Å². The lowest BCUT2D eigenvalue weighted by atomic mass is 10.0. The minimum atomic E-state index is -5.08. The number of benzene rings is 2. The van der Waals surface area contributed by atoms with Crippen molar-refractivity contribution in [2.75, 3.05) is 0 Å². The van der Waals surface area contributed by atoms with E-state index >= 15 is 0 Å². The Morgan fingerprint density at radius 1 is 0.868 bits per heavy atom. The zero-order valence-corrected chi connectivity index (χ0v) is 19.0. The largest absolute Gasteiger partial charge is 0.417 e. The number of nitrogens with zero attached hydrogens (tertiary/aromatic N) is 5. The van der Waals surface area contributed by atoms with Gasteiger partial charge in [-0.15, -0.1) is 0 Å². The lowest BCUT2D eigenvalue weighted by Gasteiger charge is -2.14. The predicted molar refractivity (Wildman–Crippen MR) is 116 cm³/mol. The van der Waals surface area contributed by atoms with Crippen LogP contribution in [0.1, 0.15) is 22.6 Å². The third-order valence-electron chi connectivity index (χ3n) is 5.58. The van der Waals surface area contributed by atoms with Gasteiger partial charge in [0.2, 0.25) is 0 Å². The van der Waals surface area contributed by atoms with E-state index in [0.29, 0.717) is 23.5 Å². The zero-order chi connectivity index (χ0) is 27.4. The van der Waals surface area contributed by atoms with Crippen LogP contribution in [0, 0.1) is 18.6 Å². The lowest BCUT2D eigenvalue weighted by Crippen LogP contribution is -2.12. The van der Waals surface area contributed by atoms with Crippen LogP contribution >= 0.6 is 0 Å². The Morgan fingerprint density at radius 2 is 1.63 bits per heavy atom. The fraction of sp³-hybridized carbons (Fsp3) is 0.167. The van der Waals surface area contributed by atoms with Crippen LogP contribution < -0.4 is 0 Å². The Bertz CT molecular complexity index is 1620. The molecule has 0 N–H and O–H groups in total. The van der Waals surface area contributed by atoms with Crippen LogP contribution in [-0.2, 0) is 18.9 Å². The van der Waals surface area contributed by atoms with E-state index < -0.39 is 40.7 Å². The van der Waals surface area contributed by atoms with Gasteiger partial charge in [-0.2, -0.15) is 31.4 Å². The Hall–Kier alpha value is -4.36. The smallest absolute Gasteiger partial charge is 0.359 e. The van der Waals surface area contributed by atoms with Crippen molar-refractivity contribution in [2.24, 2.45) is 0 Å². The van der Waals surface area contributed by atoms with Gasteiger partial charge in [0, 0.05) is 11.6 Å². The normalized spacial score (nSPS) is 12.4. The first-order valence-electron chi connectivity index (χ1n) is 10.7. The van der Waals surface area contributed by atoms with Gasteiger partial charge < -0.3 is 4.52 Å². The average molecular weight is 539 g/mol. The number of rotatable bonds is 4. The van der Waals surface area contributed by atoms with Crippen LogP contribution in [0.4, 0.5) is 35.1 Å². The SMILES string of the molecule is Cc1nn(Cc2cc(-c3ccc(C(F)(F)F)cc3C(F)(F)F)no2)cc2nc(-c3cccc(F)c3F)nc1-2. The molecule has 0 atom stereocenters. The molecule has 2 aromatic carbocycles. The Labute approximate surface area is 207 Å². The molecule has 2 aliphatic rings. The van der Waals surface area contributed by atoms with E-state index in [-0.39, 0.29) is 41.1 Å². The predicted octanol–water partition coefficient (Wildman–Crippen LogP) is 6.77. The summed E-state index contributed by atoms with van der Waals surface area (Å²) in [4.78, 5) is 8.44. The monoisotopic (exact) mass is 539 g/mol. The molecule has 6 nitrogen and oxygen atoms in total. The number of fused-ring (bicyclic) bond motifs is 1. The van der Waals surface area contributed by atoms with Crippen LogP contribution in [0.15, 0.2) is 53.2 Å². The molecule has 0 saturated carbocycles. The number of aromatic nitrogens is 5. The lowest BCUT2D eigenvalue weighted by molar-refractivity contribution is -0.142. The summed E-state index contributed by atoms with van der Waals surface area (Å²) in [5.41, 5.74) is -3.07. The van der Waals surface area contributed by atoms with Gasteiger partial charge in [0.05, 0.1) is 28.6 Å². The van der Waals surface area contributed by atoms with Crippen molar-refractivity contribution >= 4 is 0 Å². The first kappa shape index (κ1) is 25.3. The van der Waals surface area contributed by atoms with E-state index in [1.165, 1.54) is 23.0 Å². The number of hydrogen-bond acceptors (Lipinski definition) is 5. The molecule has 3 aromatic rings. The molecule has 0 saturated heterocycles. The summed E-state index contributed by atoms with van der Waals surface area (Å²) in [5, 5.41) is 7.87. The van der Waals surface area contributed by atoms with Crippen molar-refractivity contribution < 1.29 is 39.6 Å². The topological polar surface area (TPSA) is 69.6 Å². The molecule has 0 spiro atoms. The van der Waals surface area contributed by atoms with Crippen molar-refractivity contribution in [3.8, 4) is 34.0 Å². The van der Waals surface area contributed by atoms with E-state index in [4.69, 9.17) is 4.52 Å². The third-order valence-corrected chi connectivity index (χ3v) is 5.58. The highest BCUT2D eigenvalue weighted by atomic mass is 19.4. The van der Waals surface area contributed by atoms with Crippen molar-refractivity contribution in [3.05, 3.63) is 82.9 Å². The van der Waals surface area contributed by atoms with Crippen LogP contribution in [0.5, 0.6) is 0 Å².